The Morgan fingerprint density at radius 3 is 2.43 bits per heavy atom. The van der Waals surface area contributed by atoms with E-state index in [1.807, 2.05) is 0 Å². The SMILES string of the molecule is CCOC(=O)c1c(NC(=O)CN(c2ccc(Br)cc2)S(=O)(=O)c2ccccc2)sc2c1CCCC2. The highest BCUT2D eigenvalue weighted by Gasteiger charge is 2.30. The highest BCUT2D eigenvalue weighted by molar-refractivity contribution is 9.10. The molecule has 3 aromatic rings. The summed E-state index contributed by atoms with van der Waals surface area (Å²) in [4.78, 5) is 27.1. The van der Waals surface area contributed by atoms with Gasteiger partial charge in [-0.15, -0.1) is 11.3 Å². The predicted molar refractivity (Wildman–Crippen MR) is 141 cm³/mol. The third-order valence-electron chi connectivity index (χ3n) is 5.64. The molecule has 10 heteroatoms. The molecule has 0 spiro atoms. The van der Waals surface area contributed by atoms with Gasteiger partial charge in [0.05, 0.1) is 22.8 Å². The van der Waals surface area contributed by atoms with Crippen molar-refractivity contribution in [3.05, 3.63) is 75.1 Å². The number of amides is 1. The van der Waals surface area contributed by atoms with Gasteiger partial charge in [0, 0.05) is 9.35 Å². The zero-order valence-corrected chi connectivity index (χ0v) is 22.3. The number of sulfonamides is 1. The number of nitrogens with zero attached hydrogens (tertiary/aromatic N) is 1. The first-order valence-corrected chi connectivity index (χ1v) is 14.3. The predicted octanol–water partition coefficient (Wildman–Crippen LogP) is 5.40. The third-order valence-corrected chi connectivity index (χ3v) is 9.16. The topological polar surface area (TPSA) is 92.8 Å². The summed E-state index contributed by atoms with van der Waals surface area (Å²) in [5.41, 5.74) is 1.67. The summed E-state index contributed by atoms with van der Waals surface area (Å²) in [5, 5.41) is 3.22. The minimum Gasteiger partial charge on any atom is -0.462 e. The Kier molecular flexibility index (Phi) is 7.93. The number of fused-ring (bicyclic) bond motifs is 1. The van der Waals surface area contributed by atoms with Gasteiger partial charge in [-0.2, -0.15) is 0 Å². The fraction of sp³-hybridized carbons (Fsp3) is 0.280. The van der Waals surface area contributed by atoms with Crippen LogP contribution in [0.5, 0.6) is 0 Å². The van der Waals surface area contributed by atoms with Crippen LogP contribution in [-0.4, -0.2) is 33.4 Å². The Hall–Kier alpha value is -2.69. The number of esters is 1. The van der Waals surface area contributed by atoms with E-state index in [0.717, 1.165) is 44.9 Å². The molecule has 0 bridgehead atoms. The summed E-state index contributed by atoms with van der Waals surface area (Å²) in [5.74, 6) is -1.01. The maximum absolute atomic E-state index is 13.5. The maximum Gasteiger partial charge on any atom is 0.341 e. The van der Waals surface area contributed by atoms with Crippen LogP contribution in [-0.2, 0) is 32.4 Å². The van der Waals surface area contributed by atoms with E-state index in [4.69, 9.17) is 4.74 Å². The molecule has 4 rings (SSSR count). The van der Waals surface area contributed by atoms with Crippen LogP contribution in [0.3, 0.4) is 0 Å². The average molecular weight is 578 g/mol. The van der Waals surface area contributed by atoms with Gasteiger partial charge < -0.3 is 10.1 Å². The van der Waals surface area contributed by atoms with E-state index in [2.05, 4.69) is 21.2 Å². The summed E-state index contributed by atoms with van der Waals surface area (Å²) in [6.07, 6.45) is 3.59. The Morgan fingerprint density at radius 2 is 1.74 bits per heavy atom. The van der Waals surface area contributed by atoms with Crippen LogP contribution < -0.4 is 9.62 Å². The number of halogens is 1. The van der Waals surface area contributed by atoms with Crippen LogP contribution in [0.25, 0.3) is 0 Å². The number of thiophene rings is 1. The maximum atomic E-state index is 13.5. The molecule has 0 radical (unpaired) electrons. The van der Waals surface area contributed by atoms with Crippen molar-refractivity contribution in [2.24, 2.45) is 0 Å². The largest absolute Gasteiger partial charge is 0.462 e. The number of nitrogens with one attached hydrogen (secondary N) is 1. The number of benzene rings is 2. The average Bonchev–Trinajstić information content (AvgIpc) is 3.21. The van der Waals surface area contributed by atoms with Crippen molar-refractivity contribution in [3.63, 3.8) is 0 Å². The second-order valence-corrected chi connectivity index (χ2v) is 11.9. The quantitative estimate of drug-likeness (QED) is 0.362. The molecule has 1 heterocycles. The van der Waals surface area contributed by atoms with Gasteiger partial charge in [-0.1, -0.05) is 34.1 Å². The Balaban J connectivity index is 1.66. The van der Waals surface area contributed by atoms with Gasteiger partial charge in [0.25, 0.3) is 10.0 Å². The van der Waals surface area contributed by atoms with E-state index in [-0.39, 0.29) is 11.5 Å². The molecule has 1 amide bonds. The molecule has 0 fully saturated rings. The second-order valence-electron chi connectivity index (χ2n) is 7.98. The molecule has 35 heavy (non-hydrogen) atoms. The number of hydrogen-bond acceptors (Lipinski definition) is 6. The van der Waals surface area contributed by atoms with Gasteiger partial charge in [-0.05, 0) is 74.6 Å². The van der Waals surface area contributed by atoms with Crippen molar-refractivity contribution in [2.45, 2.75) is 37.5 Å². The normalized spacial score (nSPS) is 13.1. The molecule has 7 nitrogen and oxygen atoms in total. The van der Waals surface area contributed by atoms with E-state index in [9.17, 15) is 18.0 Å². The highest BCUT2D eigenvalue weighted by atomic mass is 79.9. The molecule has 1 aliphatic carbocycles. The molecule has 0 saturated heterocycles. The van der Waals surface area contributed by atoms with E-state index in [1.54, 1.807) is 49.4 Å². The Morgan fingerprint density at radius 1 is 1.06 bits per heavy atom. The van der Waals surface area contributed by atoms with Crippen molar-refractivity contribution in [3.8, 4) is 0 Å². The molecular formula is C25H25BrN2O5S2. The molecule has 1 aliphatic rings. The van der Waals surface area contributed by atoms with Crippen molar-refractivity contribution in [2.75, 3.05) is 22.8 Å². The summed E-state index contributed by atoms with van der Waals surface area (Å²) >= 11 is 4.72. The van der Waals surface area contributed by atoms with Crippen LogP contribution in [0.4, 0.5) is 10.7 Å². The van der Waals surface area contributed by atoms with Gasteiger partial charge in [0.2, 0.25) is 5.91 Å². The first-order valence-electron chi connectivity index (χ1n) is 11.3. The van der Waals surface area contributed by atoms with Crippen LogP contribution in [0.2, 0.25) is 0 Å². The zero-order valence-electron chi connectivity index (χ0n) is 19.1. The Labute approximate surface area is 217 Å². The van der Waals surface area contributed by atoms with E-state index in [1.165, 1.54) is 23.5 Å². The van der Waals surface area contributed by atoms with Gasteiger partial charge in [-0.3, -0.25) is 9.10 Å². The van der Waals surface area contributed by atoms with Crippen molar-refractivity contribution < 1.29 is 22.7 Å². The lowest BCUT2D eigenvalue weighted by Crippen LogP contribution is -2.38. The minimum atomic E-state index is -4.02. The van der Waals surface area contributed by atoms with Crippen molar-refractivity contribution in [1.29, 1.82) is 0 Å². The van der Waals surface area contributed by atoms with Gasteiger partial charge in [0.15, 0.2) is 0 Å². The van der Waals surface area contributed by atoms with Gasteiger partial charge in [0.1, 0.15) is 11.5 Å². The molecule has 2 aromatic carbocycles. The third kappa shape index (κ3) is 5.60. The number of aryl methyl sites for hydroxylation is 1. The lowest BCUT2D eigenvalue weighted by molar-refractivity contribution is -0.114. The van der Waals surface area contributed by atoms with E-state index >= 15 is 0 Å². The molecule has 1 N–H and O–H groups in total. The lowest BCUT2D eigenvalue weighted by atomic mass is 9.95. The zero-order chi connectivity index (χ0) is 25.0. The molecule has 0 aliphatic heterocycles. The van der Waals surface area contributed by atoms with Gasteiger partial charge in [-0.25, -0.2) is 13.2 Å². The van der Waals surface area contributed by atoms with Crippen LogP contribution in [0.15, 0.2) is 64.0 Å². The van der Waals surface area contributed by atoms with Gasteiger partial charge >= 0.3 is 5.97 Å². The number of rotatable bonds is 8. The molecule has 1 aromatic heterocycles. The van der Waals surface area contributed by atoms with Crippen LogP contribution in [0.1, 0.15) is 40.6 Å². The fourth-order valence-electron chi connectivity index (χ4n) is 4.01. The number of carbonyl (C=O) groups excluding carboxylic acids is 2. The van der Waals surface area contributed by atoms with Crippen molar-refractivity contribution >= 4 is 59.9 Å². The number of carbonyl (C=O) groups is 2. The Bertz CT molecular complexity index is 1320. The van der Waals surface area contributed by atoms with Crippen molar-refractivity contribution in [1.82, 2.24) is 0 Å². The highest BCUT2D eigenvalue weighted by Crippen LogP contribution is 2.38. The number of ether oxygens (including phenoxy) is 1. The lowest BCUT2D eigenvalue weighted by Gasteiger charge is -2.24. The molecule has 0 atom stereocenters. The summed E-state index contributed by atoms with van der Waals surface area (Å²) in [6, 6.07) is 14.7. The molecular weight excluding hydrogens is 552 g/mol. The first kappa shape index (κ1) is 25.4. The minimum absolute atomic E-state index is 0.0783. The summed E-state index contributed by atoms with van der Waals surface area (Å²) in [6.45, 7) is 1.51. The molecule has 0 saturated carbocycles. The number of anilines is 2. The van der Waals surface area contributed by atoms with E-state index in [0.29, 0.717) is 16.3 Å². The molecule has 184 valence electrons. The smallest absolute Gasteiger partial charge is 0.341 e. The standard InChI is InChI=1S/C25H25BrN2O5S2/c1-2-33-25(30)23-20-10-6-7-11-21(20)34-24(23)27-22(29)16-28(18-14-12-17(26)13-15-18)35(31,32)19-8-4-3-5-9-19/h3-5,8-9,12-15H,2,6-7,10-11,16H2,1H3,(H,27,29). The van der Waals surface area contributed by atoms with E-state index < -0.39 is 28.4 Å². The summed E-state index contributed by atoms with van der Waals surface area (Å²) < 4.78 is 34.1. The fourth-order valence-corrected chi connectivity index (χ4v) is 7.01. The van der Waals surface area contributed by atoms with Crippen LogP contribution in [0, 0.1) is 0 Å². The monoisotopic (exact) mass is 576 g/mol. The first-order chi connectivity index (χ1) is 16.8. The molecule has 0 unspecified atom stereocenters. The second kappa shape index (κ2) is 10.9. The van der Waals surface area contributed by atoms with Crippen LogP contribution >= 0.6 is 27.3 Å². The summed E-state index contributed by atoms with van der Waals surface area (Å²) in [7, 11) is -4.02. The number of hydrogen-bond donors (Lipinski definition) is 1.